The summed E-state index contributed by atoms with van der Waals surface area (Å²) in [6.07, 6.45) is 3.36. The number of nitrogens with zero attached hydrogens (tertiary/aromatic N) is 2. The fourth-order valence-electron chi connectivity index (χ4n) is 1.98. The standard InChI is InChI=1S/C12H18N4O2/c13-9-3-6-16(7-4-9)8-11(18)15-12-10(17)2-1-5-14-12/h1-2,5,9,17H,3-4,6-8,13H2,(H,14,15,18). The van der Waals surface area contributed by atoms with Crippen LogP contribution < -0.4 is 11.1 Å². The number of rotatable bonds is 3. The third kappa shape index (κ3) is 3.41. The molecule has 6 nitrogen and oxygen atoms in total. The predicted octanol–water partition coefficient (Wildman–Crippen LogP) is 0.149. The van der Waals surface area contributed by atoms with Gasteiger partial charge in [0.05, 0.1) is 6.54 Å². The largest absolute Gasteiger partial charge is 0.504 e. The molecular weight excluding hydrogens is 232 g/mol. The Morgan fingerprint density at radius 1 is 1.56 bits per heavy atom. The number of piperidine rings is 1. The molecule has 4 N–H and O–H groups in total. The highest BCUT2D eigenvalue weighted by Crippen LogP contribution is 2.18. The van der Waals surface area contributed by atoms with Crippen molar-refractivity contribution in [1.82, 2.24) is 9.88 Å². The average Bonchev–Trinajstić information content (AvgIpc) is 2.35. The summed E-state index contributed by atoms with van der Waals surface area (Å²) in [5.41, 5.74) is 5.80. The van der Waals surface area contributed by atoms with E-state index in [2.05, 4.69) is 15.2 Å². The molecule has 0 atom stereocenters. The van der Waals surface area contributed by atoms with Crippen molar-refractivity contribution in [2.75, 3.05) is 25.0 Å². The first-order valence-electron chi connectivity index (χ1n) is 6.07. The van der Waals surface area contributed by atoms with Crippen molar-refractivity contribution in [1.29, 1.82) is 0 Å². The summed E-state index contributed by atoms with van der Waals surface area (Å²) >= 11 is 0. The van der Waals surface area contributed by atoms with E-state index in [1.807, 2.05) is 0 Å². The molecule has 1 amide bonds. The van der Waals surface area contributed by atoms with E-state index < -0.39 is 0 Å². The normalized spacial score (nSPS) is 17.6. The van der Waals surface area contributed by atoms with Gasteiger partial charge in [-0.3, -0.25) is 9.69 Å². The van der Waals surface area contributed by atoms with Gasteiger partial charge < -0.3 is 16.2 Å². The maximum atomic E-state index is 11.8. The molecule has 18 heavy (non-hydrogen) atoms. The number of hydrogen-bond acceptors (Lipinski definition) is 5. The molecule has 0 spiro atoms. The number of nitrogens with one attached hydrogen (secondary N) is 1. The Labute approximate surface area is 106 Å². The number of likely N-dealkylation sites (tertiary alicyclic amines) is 1. The minimum atomic E-state index is -0.167. The number of aromatic nitrogens is 1. The van der Waals surface area contributed by atoms with Crippen LogP contribution in [0.3, 0.4) is 0 Å². The van der Waals surface area contributed by atoms with E-state index in [1.165, 1.54) is 12.3 Å². The van der Waals surface area contributed by atoms with E-state index in [-0.39, 0.29) is 23.5 Å². The van der Waals surface area contributed by atoms with Gasteiger partial charge in [0.15, 0.2) is 11.6 Å². The van der Waals surface area contributed by atoms with Crippen molar-refractivity contribution in [3.05, 3.63) is 18.3 Å². The quantitative estimate of drug-likeness (QED) is 0.710. The molecule has 2 rings (SSSR count). The van der Waals surface area contributed by atoms with Crippen molar-refractivity contribution < 1.29 is 9.90 Å². The zero-order chi connectivity index (χ0) is 13.0. The molecule has 1 saturated heterocycles. The van der Waals surface area contributed by atoms with Gasteiger partial charge in [0.25, 0.3) is 0 Å². The fourth-order valence-corrected chi connectivity index (χ4v) is 1.98. The van der Waals surface area contributed by atoms with Crippen LogP contribution in [-0.4, -0.2) is 46.6 Å². The van der Waals surface area contributed by atoms with Crippen molar-refractivity contribution >= 4 is 11.7 Å². The van der Waals surface area contributed by atoms with Crippen LogP contribution in [0.2, 0.25) is 0 Å². The van der Waals surface area contributed by atoms with Gasteiger partial charge in [-0.25, -0.2) is 4.98 Å². The van der Waals surface area contributed by atoms with Gasteiger partial charge in [0.1, 0.15) is 0 Å². The van der Waals surface area contributed by atoms with Crippen LogP contribution >= 0.6 is 0 Å². The number of carbonyl (C=O) groups excluding carboxylic acids is 1. The topological polar surface area (TPSA) is 91.5 Å². The van der Waals surface area contributed by atoms with Gasteiger partial charge in [-0.15, -0.1) is 0 Å². The van der Waals surface area contributed by atoms with Gasteiger partial charge in [-0.05, 0) is 25.0 Å². The van der Waals surface area contributed by atoms with Crippen molar-refractivity contribution in [3.63, 3.8) is 0 Å². The average molecular weight is 250 g/mol. The van der Waals surface area contributed by atoms with Crippen LogP contribution in [0.4, 0.5) is 5.82 Å². The molecule has 1 aliphatic heterocycles. The molecule has 1 aromatic heterocycles. The number of nitrogens with two attached hydrogens (primary N) is 1. The number of aromatic hydroxyl groups is 1. The van der Waals surface area contributed by atoms with Crippen molar-refractivity contribution in [3.8, 4) is 5.75 Å². The molecule has 1 fully saturated rings. The van der Waals surface area contributed by atoms with Crippen LogP contribution in [0.5, 0.6) is 5.75 Å². The molecule has 2 heterocycles. The van der Waals surface area contributed by atoms with Crippen molar-refractivity contribution in [2.24, 2.45) is 5.73 Å². The number of carbonyl (C=O) groups is 1. The van der Waals surface area contributed by atoms with Crippen LogP contribution in [-0.2, 0) is 4.79 Å². The van der Waals surface area contributed by atoms with Gasteiger partial charge in [0.2, 0.25) is 5.91 Å². The molecule has 0 aliphatic carbocycles. The molecular formula is C12H18N4O2. The van der Waals surface area contributed by atoms with E-state index in [0.717, 1.165) is 25.9 Å². The van der Waals surface area contributed by atoms with Gasteiger partial charge in [0, 0.05) is 25.3 Å². The highest BCUT2D eigenvalue weighted by molar-refractivity contribution is 5.92. The third-order valence-corrected chi connectivity index (χ3v) is 3.04. The zero-order valence-electron chi connectivity index (χ0n) is 10.2. The summed E-state index contributed by atoms with van der Waals surface area (Å²) in [7, 11) is 0. The maximum Gasteiger partial charge on any atom is 0.239 e. The molecule has 1 aliphatic rings. The Morgan fingerprint density at radius 2 is 2.28 bits per heavy atom. The van der Waals surface area contributed by atoms with Crippen LogP contribution in [0.15, 0.2) is 18.3 Å². The second-order valence-electron chi connectivity index (χ2n) is 4.53. The fraction of sp³-hybridized carbons (Fsp3) is 0.500. The monoisotopic (exact) mass is 250 g/mol. The first-order chi connectivity index (χ1) is 8.65. The summed E-state index contributed by atoms with van der Waals surface area (Å²) in [5.74, 6) is 0.0159. The molecule has 0 radical (unpaired) electrons. The van der Waals surface area contributed by atoms with E-state index in [1.54, 1.807) is 6.07 Å². The summed E-state index contributed by atoms with van der Waals surface area (Å²) in [6, 6.07) is 3.35. The van der Waals surface area contributed by atoms with E-state index >= 15 is 0 Å². The minimum Gasteiger partial charge on any atom is -0.504 e. The highest BCUT2D eigenvalue weighted by Gasteiger charge is 2.18. The zero-order valence-corrected chi connectivity index (χ0v) is 10.2. The smallest absolute Gasteiger partial charge is 0.239 e. The summed E-state index contributed by atoms with van der Waals surface area (Å²) < 4.78 is 0. The SMILES string of the molecule is NC1CCN(CC(=O)Nc2ncccc2O)CC1. The second-order valence-corrected chi connectivity index (χ2v) is 4.53. The third-order valence-electron chi connectivity index (χ3n) is 3.04. The van der Waals surface area contributed by atoms with Gasteiger partial charge in [-0.1, -0.05) is 0 Å². The maximum absolute atomic E-state index is 11.8. The van der Waals surface area contributed by atoms with E-state index in [4.69, 9.17) is 5.73 Å². The Morgan fingerprint density at radius 3 is 2.94 bits per heavy atom. The Kier molecular flexibility index (Phi) is 4.11. The molecule has 0 bridgehead atoms. The number of anilines is 1. The van der Waals surface area contributed by atoms with Crippen LogP contribution in [0.25, 0.3) is 0 Å². The number of amides is 1. The van der Waals surface area contributed by atoms with Crippen LogP contribution in [0, 0.1) is 0 Å². The molecule has 0 aromatic carbocycles. The summed E-state index contributed by atoms with van der Waals surface area (Å²) in [6.45, 7) is 1.98. The molecule has 98 valence electrons. The lowest BCUT2D eigenvalue weighted by Gasteiger charge is -2.29. The summed E-state index contributed by atoms with van der Waals surface area (Å²) in [4.78, 5) is 17.7. The van der Waals surface area contributed by atoms with E-state index in [9.17, 15) is 9.90 Å². The molecule has 0 unspecified atom stereocenters. The first kappa shape index (κ1) is 12.8. The minimum absolute atomic E-state index is 0.0217. The van der Waals surface area contributed by atoms with Crippen LogP contribution in [0.1, 0.15) is 12.8 Å². The highest BCUT2D eigenvalue weighted by atomic mass is 16.3. The van der Waals surface area contributed by atoms with E-state index in [0.29, 0.717) is 6.54 Å². The van der Waals surface area contributed by atoms with Gasteiger partial charge in [-0.2, -0.15) is 0 Å². The first-order valence-corrected chi connectivity index (χ1v) is 6.07. The Bertz CT molecular complexity index is 416. The van der Waals surface area contributed by atoms with Crippen molar-refractivity contribution in [2.45, 2.75) is 18.9 Å². The number of pyridine rings is 1. The lowest BCUT2D eigenvalue weighted by Crippen LogP contribution is -2.43. The number of hydrogen-bond donors (Lipinski definition) is 3. The molecule has 1 aromatic rings. The molecule has 0 saturated carbocycles. The lowest BCUT2D eigenvalue weighted by atomic mass is 10.1. The predicted molar refractivity (Wildman–Crippen MR) is 68.2 cm³/mol. The molecule has 6 heteroatoms. The lowest BCUT2D eigenvalue weighted by molar-refractivity contribution is -0.117. The van der Waals surface area contributed by atoms with Gasteiger partial charge >= 0.3 is 0 Å². The second kappa shape index (κ2) is 5.79. The summed E-state index contributed by atoms with van der Waals surface area (Å²) in [5, 5.41) is 12.1. The Balaban J connectivity index is 1.84. The Hall–Kier alpha value is -1.66.